The molecule has 1 saturated carbocycles. The summed E-state index contributed by atoms with van der Waals surface area (Å²) in [5.41, 5.74) is 2.73. The van der Waals surface area contributed by atoms with Gasteiger partial charge in [-0.2, -0.15) is 0 Å². The molecule has 19 heavy (non-hydrogen) atoms. The second-order valence-corrected chi connectivity index (χ2v) is 5.54. The molecule has 1 atom stereocenters. The van der Waals surface area contributed by atoms with Crippen LogP contribution in [0.3, 0.4) is 0 Å². The first-order valence-electron chi connectivity index (χ1n) is 7.10. The van der Waals surface area contributed by atoms with Gasteiger partial charge in [-0.1, -0.05) is 18.2 Å². The average molecular weight is 258 g/mol. The van der Waals surface area contributed by atoms with Gasteiger partial charge in [0.2, 0.25) is 0 Å². The summed E-state index contributed by atoms with van der Waals surface area (Å²) in [5, 5.41) is 4.93. The third-order valence-electron chi connectivity index (χ3n) is 3.86. The number of hydrogen-bond acceptors (Lipinski definition) is 2. The first-order chi connectivity index (χ1) is 9.29. The van der Waals surface area contributed by atoms with Crippen molar-refractivity contribution in [3.8, 4) is 0 Å². The van der Waals surface area contributed by atoms with Crippen molar-refractivity contribution in [3.63, 3.8) is 0 Å². The molecular formula is C16H22N2O. The first kappa shape index (κ1) is 12.7. The smallest absolute Gasteiger partial charge is 0.0667 e. The Bertz CT molecular complexity index is 557. The highest BCUT2D eigenvalue weighted by atomic mass is 16.5. The molecule has 1 aliphatic rings. The molecule has 1 aliphatic carbocycles. The van der Waals surface area contributed by atoms with E-state index in [9.17, 15) is 0 Å². The van der Waals surface area contributed by atoms with E-state index in [1.54, 1.807) is 7.11 Å². The van der Waals surface area contributed by atoms with Gasteiger partial charge in [0.05, 0.1) is 18.2 Å². The molecule has 3 heteroatoms. The van der Waals surface area contributed by atoms with Gasteiger partial charge in [-0.25, -0.2) is 0 Å². The normalized spacial score (nSPS) is 16.9. The lowest BCUT2D eigenvalue weighted by atomic mass is 10.1. The molecule has 3 nitrogen and oxygen atoms in total. The number of nitrogens with one attached hydrogen (secondary N) is 1. The molecule has 1 aromatic heterocycles. The van der Waals surface area contributed by atoms with Crippen LogP contribution in [-0.4, -0.2) is 24.3 Å². The highest BCUT2D eigenvalue weighted by Gasteiger charge is 2.20. The predicted octanol–water partition coefficient (Wildman–Crippen LogP) is 3.10. The molecule has 1 unspecified atom stereocenters. The van der Waals surface area contributed by atoms with Crippen LogP contribution in [0.4, 0.5) is 0 Å². The molecule has 0 radical (unpaired) electrons. The van der Waals surface area contributed by atoms with Crippen molar-refractivity contribution in [2.75, 3.05) is 13.7 Å². The van der Waals surface area contributed by atoms with Crippen LogP contribution in [0.2, 0.25) is 0 Å². The van der Waals surface area contributed by atoms with Crippen LogP contribution in [0.15, 0.2) is 30.5 Å². The zero-order valence-electron chi connectivity index (χ0n) is 11.7. The van der Waals surface area contributed by atoms with Crippen LogP contribution in [0.25, 0.3) is 10.9 Å². The van der Waals surface area contributed by atoms with Gasteiger partial charge in [-0.15, -0.1) is 0 Å². The van der Waals surface area contributed by atoms with Crippen molar-refractivity contribution in [2.24, 2.45) is 0 Å². The van der Waals surface area contributed by atoms with Crippen molar-refractivity contribution in [2.45, 2.75) is 38.4 Å². The van der Waals surface area contributed by atoms with Crippen LogP contribution in [0.1, 0.15) is 31.4 Å². The maximum Gasteiger partial charge on any atom is 0.0667 e. The molecule has 102 valence electrons. The molecule has 0 spiro atoms. The van der Waals surface area contributed by atoms with Crippen molar-refractivity contribution in [3.05, 3.63) is 36.0 Å². The number of fused-ring (bicyclic) bond motifs is 1. The average Bonchev–Trinajstić information content (AvgIpc) is 3.13. The highest BCUT2D eigenvalue weighted by Crippen LogP contribution is 2.25. The minimum absolute atomic E-state index is 0.365. The monoisotopic (exact) mass is 258 g/mol. The third-order valence-corrected chi connectivity index (χ3v) is 3.86. The Labute approximate surface area is 114 Å². The lowest BCUT2D eigenvalue weighted by Gasteiger charge is -2.16. The molecule has 0 bridgehead atoms. The van der Waals surface area contributed by atoms with Gasteiger partial charge in [0.1, 0.15) is 0 Å². The molecule has 2 aromatic rings. The Morgan fingerprint density at radius 2 is 2.21 bits per heavy atom. The van der Waals surface area contributed by atoms with Gasteiger partial charge in [0, 0.05) is 25.9 Å². The Morgan fingerprint density at radius 3 is 2.95 bits per heavy atom. The fourth-order valence-electron chi connectivity index (χ4n) is 2.67. The van der Waals surface area contributed by atoms with Crippen molar-refractivity contribution in [1.29, 1.82) is 0 Å². The Kier molecular flexibility index (Phi) is 3.58. The van der Waals surface area contributed by atoms with Crippen molar-refractivity contribution < 1.29 is 4.74 Å². The molecule has 1 aromatic carbocycles. The second-order valence-electron chi connectivity index (χ2n) is 5.54. The van der Waals surface area contributed by atoms with Crippen LogP contribution in [0.5, 0.6) is 0 Å². The number of para-hydroxylation sites is 1. The molecule has 3 rings (SSSR count). The van der Waals surface area contributed by atoms with E-state index in [0.717, 1.165) is 19.2 Å². The quantitative estimate of drug-likeness (QED) is 0.861. The van der Waals surface area contributed by atoms with E-state index >= 15 is 0 Å². The minimum atomic E-state index is 0.365. The molecular weight excluding hydrogens is 236 g/mol. The van der Waals surface area contributed by atoms with E-state index in [2.05, 4.69) is 47.3 Å². The number of aromatic nitrogens is 1. The molecule has 1 heterocycles. The zero-order valence-corrected chi connectivity index (χ0v) is 11.7. The number of benzene rings is 1. The number of methoxy groups -OCH3 is 1. The fraction of sp³-hybridized carbons (Fsp3) is 0.500. The van der Waals surface area contributed by atoms with E-state index in [1.807, 2.05) is 0 Å². The van der Waals surface area contributed by atoms with Gasteiger partial charge in [0.15, 0.2) is 0 Å². The van der Waals surface area contributed by atoms with Crippen LogP contribution >= 0.6 is 0 Å². The lowest BCUT2D eigenvalue weighted by molar-refractivity contribution is 0.164. The fourth-order valence-corrected chi connectivity index (χ4v) is 2.67. The van der Waals surface area contributed by atoms with Crippen molar-refractivity contribution >= 4 is 10.9 Å². The first-order valence-corrected chi connectivity index (χ1v) is 7.10. The number of rotatable bonds is 6. The highest BCUT2D eigenvalue weighted by molar-refractivity contribution is 5.83. The summed E-state index contributed by atoms with van der Waals surface area (Å²) >= 11 is 0. The van der Waals surface area contributed by atoms with E-state index in [0.29, 0.717) is 6.04 Å². The van der Waals surface area contributed by atoms with Gasteiger partial charge >= 0.3 is 0 Å². The summed E-state index contributed by atoms with van der Waals surface area (Å²) in [4.78, 5) is 0. The van der Waals surface area contributed by atoms with Crippen molar-refractivity contribution in [1.82, 2.24) is 9.88 Å². The largest absolute Gasteiger partial charge is 0.383 e. The predicted molar refractivity (Wildman–Crippen MR) is 78.4 cm³/mol. The summed E-state index contributed by atoms with van der Waals surface area (Å²) in [7, 11) is 1.76. The summed E-state index contributed by atoms with van der Waals surface area (Å²) in [6.45, 7) is 3.91. The van der Waals surface area contributed by atoms with E-state index in [1.165, 1.54) is 29.3 Å². The summed E-state index contributed by atoms with van der Waals surface area (Å²) in [6, 6.07) is 9.87. The molecule has 0 aliphatic heterocycles. The van der Waals surface area contributed by atoms with Gasteiger partial charge in [0.25, 0.3) is 0 Å². The SMILES string of the molecule is COCC(C)n1ccc2cccc(CNC3CC3)c21. The Balaban J connectivity index is 1.92. The van der Waals surface area contributed by atoms with Crippen LogP contribution < -0.4 is 5.32 Å². The summed E-state index contributed by atoms with van der Waals surface area (Å²) in [6.07, 6.45) is 4.84. The number of ether oxygens (including phenoxy) is 1. The van der Waals surface area contributed by atoms with Gasteiger partial charge in [-0.05, 0) is 36.8 Å². The molecule has 0 amide bonds. The van der Waals surface area contributed by atoms with Crippen LogP contribution in [-0.2, 0) is 11.3 Å². The zero-order chi connectivity index (χ0) is 13.2. The van der Waals surface area contributed by atoms with Gasteiger partial charge in [-0.3, -0.25) is 0 Å². The Morgan fingerprint density at radius 1 is 1.37 bits per heavy atom. The summed E-state index contributed by atoms with van der Waals surface area (Å²) in [5.74, 6) is 0. The second kappa shape index (κ2) is 5.35. The number of hydrogen-bond donors (Lipinski definition) is 1. The third kappa shape index (κ3) is 2.67. The van der Waals surface area contributed by atoms with E-state index < -0.39 is 0 Å². The van der Waals surface area contributed by atoms with E-state index in [4.69, 9.17) is 4.74 Å². The molecule has 1 N–H and O–H groups in total. The maximum absolute atomic E-state index is 5.29. The maximum atomic E-state index is 5.29. The molecule has 0 saturated heterocycles. The van der Waals surface area contributed by atoms with Crippen LogP contribution in [0, 0.1) is 0 Å². The topological polar surface area (TPSA) is 26.2 Å². The molecule has 1 fully saturated rings. The lowest BCUT2D eigenvalue weighted by Crippen LogP contribution is -2.17. The van der Waals surface area contributed by atoms with Gasteiger partial charge < -0.3 is 14.6 Å². The number of nitrogens with zero attached hydrogens (tertiary/aromatic N) is 1. The minimum Gasteiger partial charge on any atom is -0.383 e. The van der Waals surface area contributed by atoms with E-state index in [-0.39, 0.29) is 0 Å². The Hall–Kier alpha value is -1.32. The standard InChI is InChI=1S/C16H22N2O/c1-12(11-19-2)18-9-8-13-4-3-5-14(16(13)18)10-17-15-6-7-15/h3-5,8-9,12,15,17H,6-7,10-11H2,1-2H3. The summed E-state index contributed by atoms with van der Waals surface area (Å²) < 4.78 is 7.62.